The summed E-state index contributed by atoms with van der Waals surface area (Å²) in [6.45, 7) is 4.91. The third-order valence-electron chi connectivity index (χ3n) is 5.60. The Morgan fingerprint density at radius 3 is 2.29 bits per heavy atom. The van der Waals surface area contributed by atoms with Crippen molar-refractivity contribution in [2.45, 2.75) is 45.7 Å². The van der Waals surface area contributed by atoms with Crippen molar-refractivity contribution in [3.05, 3.63) is 105 Å². The molecule has 1 unspecified atom stereocenters. The highest BCUT2D eigenvalue weighted by Gasteiger charge is 2.30. The second-order valence-electron chi connectivity index (χ2n) is 8.43. The number of aryl methyl sites for hydroxylation is 1. The molecule has 0 saturated heterocycles. The van der Waals surface area contributed by atoms with Gasteiger partial charge in [0.25, 0.3) is 0 Å². The van der Waals surface area contributed by atoms with Gasteiger partial charge in [0.1, 0.15) is 6.04 Å². The molecule has 3 aromatic rings. The molecule has 34 heavy (non-hydrogen) atoms. The number of hydrogen-bond acceptors (Lipinski definition) is 2. The minimum atomic E-state index is -0.648. The zero-order valence-electron chi connectivity index (χ0n) is 19.6. The van der Waals surface area contributed by atoms with Crippen molar-refractivity contribution in [2.75, 3.05) is 6.54 Å². The summed E-state index contributed by atoms with van der Waals surface area (Å²) in [6.07, 6.45) is 1.36. The summed E-state index contributed by atoms with van der Waals surface area (Å²) in [6, 6.07) is 22.3. The van der Waals surface area contributed by atoms with E-state index in [9.17, 15) is 9.59 Å². The van der Waals surface area contributed by atoms with Gasteiger partial charge in [0, 0.05) is 19.5 Å². The molecule has 0 saturated carbocycles. The Bertz CT molecular complexity index is 1120. The zero-order chi connectivity index (χ0) is 24.5. The van der Waals surface area contributed by atoms with Crippen LogP contribution >= 0.6 is 23.2 Å². The summed E-state index contributed by atoms with van der Waals surface area (Å²) in [5.41, 5.74) is 3.82. The molecule has 0 heterocycles. The average Bonchev–Trinajstić information content (AvgIpc) is 2.82. The summed E-state index contributed by atoms with van der Waals surface area (Å²) in [5, 5.41) is 3.84. The van der Waals surface area contributed by atoms with Crippen molar-refractivity contribution in [1.29, 1.82) is 0 Å². The first kappa shape index (κ1) is 25.8. The first-order chi connectivity index (χ1) is 16.4. The number of benzene rings is 3. The van der Waals surface area contributed by atoms with Gasteiger partial charge in [-0.05, 0) is 42.2 Å². The molecule has 0 aliphatic carbocycles. The maximum Gasteiger partial charge on any atom is 0.243 e. The van der Waals surface area contributed by atoms with Crippen LogP contribution in [0.25, 0.3) is 0 Å². The molecule has 3 rings (SSSR count). The number of nitrogens with one attached hydrogen (secondary N) is 1. The molecular formula is C28H30Cl2N2O2. The highest BCUT2D eigenvalue weighted by Crippen LogP contribution is 2.24. The molecular weight excluding hydrogens is 467 g/mol. The summed E-state index contributed by atoms with van der Waals surface area (Å²) >= 11 is 12.2. The largest absolute Gasteiger partial charge is 0.354 e. The lowest BCUT2D eigenvalue weighted by molar-refractivity contribution is -0.140. The molecule has 1 N–H and O–H groups in total. The third kappa shape index (κ3) is 7.34. The molecule has 0 aliphatic rings. The van der Waals surface area contributed by atoms with Crippen LogP contribution in [0.5, 0.6) is 0 Å². The number of nitrogens with zero attached hydrogens (tertiary/aromatic N) is 1. The lowest BCUT2D eigenvalue weighted by Gasteiger charge is -2.32. The summed E-state index contributed by atoms with van der Waals surface area (Å²) < 4.78 is 0. The first-order valence-electron chi connectivity index (χ1n) is 11.5. The van der Waals surface area contributed by atoms with Crippen molar-refractivity contribution < 1.29 is 9.59 Å². The Labute approximate surface area is 211 Å². The minimum Gasteiger partial charge on any atom is -0.354 e. The predicted octanol–water partition coefficient (Wildman–Crippen LogP) is 6.01. The van der Waals surface area contributed by atoms with Gasteiger partial charge in [-0.2, -0.15) is 0 Å². The van der Waals surface area contributed by atoms with Crippen LogP contribution in [0.3, 0.4) is 0 Å². The smallest absolute Gasteiger partial charge is 0.243 e. The van der Waals surface area contributed by atoms with Gasteiger partial charge in [-0.15, -0.1) is 0 Å². The van der Waals surface area contributed by atoms with Gasteiger partial charge < -0.3 is 10.2 Å². The van der Waals surface area contributed by atoms with Gasteiger partial charge in [-0.1, -0.05) is 96.4 Å². The SMILES string of the molecule is CCCNC(=O)C(Cc1ccccc1)N(Cc1cccc(C)c1)C(=O)Cc1ccc(Cl)c(Cl)c1. The molecule has 2 amide bonds. The van der Waals surface area contributed by atoms with Crippen molar-refractivity contribution in [2.24, 2.45) is 0 Å². The fourth-order valence-electron chi connectivity index (χ4n) is 3.85. The second-order valence-corrected chi connectivity index (χ2v) is 9.25. The van der Waals surface area contributed by atoms with Crippen molar-refractivity contribution in [3.8, 4) is 0 Å². The van der Waals surface area contributed by atoms with Crippen LogP contribution in [0.1, 0.15) is 35.6 Å². The van der Waals surface area contributed by atoms with Crippen LogP contribution in [-0.4, -0.2) is 29.3 Å². The first-order valence-corrected chi connectivity index (χ1v) is 12.2. The monoisotopic (exact) mass is 496 g/mol. The summed E-state index contributed by atoms with van der Waals surface area (Å²) in [5.74, 6) is -0.298. The summed E-state index contributed by atoms with van der Waals surface area (Å²) in [7, 11) is 0. The van der Waals surface area contributed by atoms with Crippen LogP contribution in [0, 0.1) is 6.92 Å². The van der Waals surface area contributed by atoms with Crippen LogP contribution < -0.4 is 5.32 Å². The van der Waals surface area contributed by atoms with Gasteiger partial charge in [-0.3, -0.25) is 9.59 Å². The predicted molar refractivity (Wildman–Crippen MR) is 139 cm³/mol. The van der Waals surface area contributed by atoms with Gasteiger partial charge in [0.2, 0.25) is 11.8 Å². The topological polar surface area (TPSA) is 49.4 Å². The highest BCUT2D eigenvalue weighted by molar-refractivity contribution is 6.42. The zero-order valence-corrected chi connectivity index (χ0v) is 21.1. The van der Waals surface area contributed by atoms with Crippen LogP contribution in [0.4, 0.5) is 0 Å². The highest BCUT2D eigenvalue weighted by atomic mass is 35.5. The lowest BCUT2D eigenvalue weighted by atomic mass is 10.0. The van der Waals surface area contributed by atoms with E-state index in [0.717, 1.165) is 28.7 Å². The van der Waals surface area contributed by atoms with Crippen LogP contribution in [0.15, 0.2) is 72.8 Å². The Balaban J connectivity index is 1.96. The standard InChI is InChI=1S/C28H30Cl2N2O2/c1-3-14-31-28(34)26(17-21-9-5-4-6-10-21)32(19-23-11-7-8-20(2)15-23)27(33)18-22-12-13-24(29)25(30)16-22/h4-13,15-16,26H,3,14,17-19H2,1-2H3,(H,31,34). The van der Waals surface area contributed by atoms with E-state index in [0.29, 0.717) is 29.6 Å². The molecule has 0 aromatic heterocycles. The van der Waals surface area contributed by atoms with Crippen molar-refractivity contribution in [3.63, 3.8) is 0 Å². The molecule has 6 heteroatoms. The molecule has 3 aromatic carbocycles. The third-order valence-corrected chi connectivity index (χ3v) is 6.33. The minimum absolute atomic E-state index is 0.120. The van der Waals surface area contributed by atoms with Gasteiger partial charge in [0.05, 0.1) is 16.5 Å². The number of rotatable bonds is 10. The maximum absolute atomic E-state index is 13.7. The second kappa shape index (κ2) is 12.6. The molecule has 0 spiro atoms. The normalized spacial score (nSPS) is 11.6. The molecule has 178 valence electrons. The van der Waals surface area contributed by atoms with E-state index in [1.54, 1.807) is 23.1 Å². The Morgan fingerprint density at radius 1 is 0.882 bits per heavy atom. The van der Waals surface area contributed by atoms with E-state index >= 15 is 0 Å². The number of amides is 2. The fourth-order valence-corrected chi connectivity index (χ4v) is 4.17. The van der Waals surface area contributed by atoms with Crippen molar-refractivity contribution in [1.82, 2.24) is 10.2 Å². The van der Waals surface area contributed by atoms with Gasteiger partial charge in [-0.25, -0.2) is 0 Å². The van der Waals surface area contributed by atoms with E-state index in [-0.39, 0.29) is 18.2 Å². The Kier molecular flexibility index (Phi) is 9.55. The molecule has 0 fully saturated rings. The molecule has 0 radical (unpaired) electrons. The lowest BCUT2D eigenvalue weighted by Crippen LogP contribution is -2.51. The maximum atomic E-state index is 13.7. The fraction of sp³-hybridized carbons (Fsp3) is 0.286. The molecule has 1 atom stereocenters. The average molecular weight is 497 g/mol. The Hall–Kier alpha value is -2.82. The van der Waals surface area contributed by atoms with Gasteiger partial charge in [0.15, 0.2) is 0 Å². The number of carbonyl (C=O) groups excluding carboxylic acids is 2. The van der Waals surface area contributed by atoms with E-state index in [1.807, 2.05) is 68.4 Å². The van der Waals surface area contributed by atoms with E-state index < -0.39 is 6.04 Å². The van der Waals surface area contributed by atoms with Crippen molar-refractivity contribution >= 4 is 35.0 Å². The molecule has 0 aliphatic heterocycles. The number of halogens is 2. The number of hydrogen-bond donors (Lipinski definition) is 1. The van der Waals surface area contributed by atoms with Gasteiger partial charge >= 0.3 is 0 Å². The molecule has 0 bridgehead atoms. The summed E-state index contributed by atoms with van der Waals surface area (Å²) in [4.78, 5) is 28.7. The van der Waals surface area contributed by atoms with E-state index in [1.165, 1.54) is 0 Å². The van der Waals surface area contributed by atoms with Crippen LogP contribution in [0.2, 0.25) is 10.0 Å². The van der Waals surface area contributed by atoms with Crippen LogP contribution in [-0.2, 0) is 29.0 Å². The van der Waals surface area contributed by atoms with E-state index in [2.05, 4.69) is 5.32 Å². The van der Waals surface area contributed by atoms with E-state index in [4.69, 9.17) is 23.2 Å². The molecule has 4 nitrogen and oxygen atoms in total. The quantitative estimate of drug-likeness (QED) is 0.373. The Morgan fingerprint density at radius 2 is 1.62 bits per heavy atom. The number of carbonyl (C=O) groups is 2.